The molecule has 0 saturated heterocycles. The van der Waals surface area contributed by atoms with E-state index in [1.165, 1.54) is 18.6 Å². The summed E-state index contributed by atoms with van der Waals surface area (Å²) < 4.78 is 37.5. The highest BCUT2D eigenvalue weighted by molar-refractivity contribution is 5.29. The van der Waals surface area contributed by atoms with Crippen molar-refractivity contribution in [3.8, 4) is 0 Å². The van der Waals surface area contributed by atoms with Crippen LogP contribution in [0.3, 0.4) is 0 Å². The van der Waals surface area contributed by atoms with Gasteiger partial charge in [-0.1, -0.05) is 32.9 Å². The first-order chi connectivity index (χ1) is 8.30. The molecule has 1 saturated carbocycles. The zero-order chi connectivity index (χ0) is 13.5. The zero-order valence-electron chi connectivity index (χ0n) is 11.0. The van der Waals surface area contributed by atoms with Crippen molar-refractivity contribution in [3.05, 3.63) is 35.4 Å². The first-order valence-corrected chi connectivity index (χ1v) is 6.48. The fourth-order valence-electron chi connectivity index (χ4n) is 2.87. The third-order valence-electron chi connectivity index (χ3n) is 3.97. The van der Waals surface area contributed by atoms with Gasteiger partial charge in [0.25, 0.3) is 0 Å². The lowest BCUT2D eigenvalue weighted by Crippen LogP contribution is -2.11. The molecule has 1 aromatic rings. The summed E-state index contributed by atoms with van der Waals surface area (Å²) in [6.45, 7) is 6.50. The lowest BCUT2D eigenvalue weighted by molar-refractivity contribution is -0.137. The molecule has 1 fully saturated rings. The van der Waals surface area contributed by atoms with E-state index in [0.29, 0.717) is 23.7 Å². The van der Waals surface area contributed by atoms with Crippen LogP contribution in [0.15, 0.2) is 24.3 Å². The predicted molar refractivity (Wildman–Crippen MR) is 66.3 cm³/mol. The maximum absolute atomic E-state index is 12.5. The van der Waals surface area contributed by atoms with E-state index < -0.39 is 11.7 Å². The number of halogens is 3. The van der Waals surface area contributed by atoms with Gasteiger partial charge in [0.15, 0.2) is 0 Å². The minimum absolute atomic E-state index is 0.391. The predicted octanol–water partition coefficient (Wildman–Crippen LogP) is 5.10. The Kier molecular flexibility index (Phi) is 3.43. The largest absolute Gasteiger partial charge is 0.416 e. The Morgan fingerprint density at radius 1 is 1.11 bits per heavy atom. The van der Waals surface area contributed by atoms with Crippen LogP contribution in [-0.2, 0) is 6.18 Å². The Balaban J connectivity index is 2.22. The van der Waals surface area contributed by atoms with E-state index in [1.807, 2.05) is 0 Å². The normalized spacial score (nSPS) is 25.3. The molecule has 0 bridgehead atoms. The van der Waals surface area contributed by atoms with Crippen molar-refractivity contribution < 1.29 is 13.2 Å². The Bertz CT molecular complexity index is 403. The van der Waals surface area contributed by atoms with E-state index in [-0.39, 0.29) is 0 Å². The maximum Gasteiger partial charge on any atom is 0.416 e. The number of hydrogen-bond acceptors (Lipinski definition) is 0. The molecule has 1 aliphatic carbocycles. The minimum atomic E-state index is -4.24. The van der Waals surface area contributed by atoms with E-state index in [4.69, 9.17) is 0 Å². The summed E-state index contributed by atoms with van der Waals surface area (Å²) in [5.74, 6) is 2.21. The molecule has 100 valence electrons. The molecule has 1 aliphatic rings. The average molecular weight is 256 g/mol. The molecular formula is C15H19F3. The highest BCUT2D eigenvalue weighted by Gasteiger charge is 2.41. The van der Waals surface area contributed by atoms with Gasteiger partial charge in [0.1, 0.15) is 0 Å². The van der Waals surface area contributed by atoms with Crippen molar-refractivity contribution in [2.75, 3.05) is 0 Å². The second-order valence-electron chi connectivity index (χ2n) is 5.77. The SMILES string of the molecule is CC(C)C(c1ccc(C(F)(F)F)cc1)C1CC1C. The summed E-state index contributed by atoms with van der Waals surface area (Å²) in [4.78, 5) is 0. The van der Waals surface area contributed by atoms with E-state index in [0.717, 1.165) is 5.56 Å². The number of hydrogen-bond donors (Lipinski definition) is 0. The Labute approximate surface area is 106 Å². The van der Waals surface area contributed by atoms with Crippen molar-refractivity contribution >= 4 is 0 Å². The first kappa shape index (κ1) is 13.4. The van der Waals surface area contributed by atoms with Crippen molar-refractivity contribution in [3.63, 3.8) is 0 Å². The molecule has 2 rings (SSSR count). The molecule has 3 unspecified atom stereocenters. The van der Waals surface area contributed by atoms with Gasteiger partial charge in [-0.3, -0.25) is 0 Å². The summed E-state index contributed by atoms with van der Waals surface area (Å²) in [6, 6.07) is 5.71. The molecule has 0 N–H and O–H groups in total. The van der Waals surface area contributed by atoms with Gasteiger partial charge in [0, 0.05) is 0 Å². The van der Waals surface area contributed by atoms with Gasteiger partial charge >= 0.3 is 6.18 Å². The van der Waals surface area contributed by atoms with Gasteiger partial charge < -0.3 is 0 Å². The second kappa shape index (κ2) is 4.60. The van der Waals surface area contributed by atoms with Crippen molar-refractivity contribution in [2.45, 2.75) is 39.3 Å². The third kappa shape index (κ3) is 2.70. The fourth-order valence-corrected chi connectivity index (χ4v) is 2.87. The quantitative estimate of drug-likeness (QED) is 0.705. The third-order valence-corrected chi connectivity index (χ3v) is 3.97. The number of benzene rings is 1. The van der Waals surface area contributed by atoms with Crippen LogP contribution in [0.25, 0.3) is 0 Å². The smallest absolute Gasteiger partial charge is 0.166 e. The van der Waals surface area contributed by atoms with Gasteiger partial charge in [-0.25, -0.2) is 0 Å². The monoisotopic (exact) mass is 256 g/mol. The Hall–Kier alpha value is -0.990. The van der Waals surface area contributed by atoms with Gasteiger partial charge in [0.05, 0.1) is 5.56 Å². The van der Waals surface area contributed by atoms with Crippen LogP contribution in [0.1, 0.15) is 44.2 Å². The summed E-state index contributed by atoms with van der Waals surface area (Å²) in [5, 5.41) is 0. The molecule has 3 atom stereocenters. The minimum Gasteiger partial charge on any atom is -0.166 e. The van der Waals surface area contributed by atoms with Crippen LogP contribution in [0.2, 0.25) is 0 Å². The number of alkyl halides is 3. The molecule has 1 aromatic carbocycles. The van der Waals surface area contributed by atoms with Crippen LogP contribution in [-0.4, -0.2) is 0 Å². The highest BCUT2D eigenvalue weighted by Crippen LogP contribution is 2.51. The molecule has 0 heterocycles. The van der Waals surface area contributed by atoms with E-state index >= 15 is 0 Å². The van der Waals surface area contributed by atoms with E-state index in [9.17, 15) is 13.2 Å². The van der Waals surface area contributed by atoms with Crippen LogP contribution >= 0.6 is 0 Å². The van der Waals surface area contributed by atoms with Gasteiger partial charge in [0.2, 0.25) is 0 Å². The summed E-state index contributed by atoms with van der Waals surface area (Å²) >= 11 is 0. The molecule has 0 nitrogen and oxygen atoms in total. The van der Waals surface area contributed by atoms with Gasteiger partial charge in [-0.2, -0.15) is 13.2 Å². The molecule has 0 aromatic heterocycles. The molecular weight excluding hydrogens is 237 g/mol. The van der Waals surface area contributed by atoms with Gasteiger partial charge in [-0.05, 0) is 47.8 Å². The Morgan fingerprint density at radius 3 is 1.94 bits per heavy atom. The average Bonchev–Trinajstić information content (AvgIpc) is 2.94. The topological polar surface area (TPSA) is 0 Å². The highest BCUT2D eigenvalue weighted by atomic mass is 19.4. The molecule has 3 heteroatoms. The summed E-state index contributed by atoms with van der Waals surface area (Å²) in [7, 11) is 0. The lowest BCUT2D eigenvalue weighted by Gasteiger charge is -2.22. The standard InChI is InChI=1S/C15H19F3/c1-9(2)14(13-8-10(13)3)11-4-6-12(7-5-11)15(16,17)18/h4-7,9-10,13-14H,8H2,1-3H3. The van der Waals surface area contributed by atoms with Crippen molar-refractivity contribution in [1.29, 1.82) is 0 Å². The van der Waals surface area contributed by atoms with Gasteiger partial charge in [-0.15, -0.1) is 0 Å². The number of rotatable bonds is 3. The molecule has 0 aliphatic heterocycles. The second-order valence-corrected chi connectivity index (χ2v) is 5.77. The molecule has 0 amide bonds. The van der Waals surface area contributed by atoms with Crippen LogP contribution in [0, 0.1) is 17.8 Å². The van der Waals surface area contributed by atoms with Crippen LogP contribution in [0.4, 0.5) is 13.2 Å². The van der Waals surface area contributed by atoms with Crippen molar-refractivity contribution in [1.82, 2.24) is 0 Å². The maximum atomic E-state index is 12.5. The van der Waals surface area contributed by atoms with Crippen molar-refractivity contribution in [2.24, 2.45) is 17.8 Å². The summed E-state index contributed by atoms with van der Waals surface area (Å²) in [6.07, 6.45) is -3.04. The van der Waals surface area contributed by atoms with E-state index in [2.05, 4.69) is 20.8 Å². The lowest BCUT2D eigenvalue weighted by atomic mass is 9.83. The van der Waals surface area contributed by atoms with Crippen LogP contribution < -0.4 is 0 Å². The molecule has 0 radical (unpaired) electrons. The summed E-state index contributed by atoms with van der Waals surface area (Å²) in [5.41, 5.74) is 0.491. The van der Waals surface area contributed by atoms with E-state index in [1.54, 1.807) is 12.1 Å². The molecule has 0 spiro atoms. The molecule has 18 heavy (non-hydrogen) atoms. The zero-order valence-corrected chi connectivity index (χ0v) is 11.0. The first-order valence-electron chi connectivity index (χ1n) is 6.48. The Morgan fingerprint density at radius 2 is 1.61 bits per heavy atom. The fraction of sp³-hybridized carbons (Fsp3) is 0.600. The van der Waals surface area contributed by atoms with Crippen LogP contribution in [0.5, 0.6) is 0 Å².